The van der Waals surface area contributed by atoms with Crippen LogP contribution >= 0.6 is 0 Å². The number of hydrogen-bond acceptors (Lipinski definition) is 5. The fourth-order valence-electron chi connectivity index (χ4n) is 2.32. The van der Waals surface area contributed by atoms with E-state index in [1.807, 2.05) is 18.2 Å². The molecule has 2 rings (SSSR count). The van der Waals surface area contributed by atoms with Gasteiger partial charge in [0.2, 0.25) is 0 Å². The minimum atomic E-state index is -0.981. The molecule has 6 heteroatoms. The van der Waals surface area contributed by atoms with Crippen molar-refractivity contribution >= 4 is 5.97 Å². The molecule has 6 nitrogen and oxygen atoms in total. The largest absolute Gasteiger partial charge is 0.493 e. The number of rotatable bonds is 10. The molecule has 0 spiro atoms. The molecule has 26 heavy (non-hydrogen) atoms. The lowest BCUT2D eigenvalue weighted by Crippen LogP contribution is -2.24. The van der Waals surface area contributed by atoms with Crippen LogP contribution in [0.3, 0.4) is 0 Å². The van der Waals surface area contributed by atoms with Crippen LogP contribution in [0.15, 0.2) is 48.5 Å². The summed E-state index contributed by atoms with van der Waals surface area (Å²) in [5, 5.41) is 18.0. The summed E-state index contributed by atoms with van der Waals surface area (Å²) in [4.78, 5) is 11.0. The predicted molar refractivity (Wildman–Crippen MR) is 95.3 cm³/mol. The Bertz CT molecular complexity index is 752. The van der Waals surface area contributed by atoms with Gasteiger partial charge in [-0.3, -0.25) is 0 Å². The first kappa shape index (κ1) is 19.3. The van der Waals surface area contributed by atoms with Crippen LogP contribution in [0.5, 0.6) is 11.5 Å². The van der Waals surface area contributed by atoms with Gasteiger partial charge in [-0.05, 0) is 29.8 Å². The van der Waals surface area contributed by atoms with E-state index in [2.05, 4.69) is 6.07 Å². The van der Waals surface area contributed by atoms with Gasteiger partial charge in [-0.2, -0.15) is 5.26 Å². The van der Waals surface area contributed by atoms with Gasteiger partial charge in [0.25, 0.3) is 0 Å². The van der Waals surface area contributed by atoms with E-state index in [0.717, 1.165) is 5.56 Å². The predicted octanol–water partition coefficient (Wildman–Crippen LogP) is 3.05. The average molecular weight is 355 g/mol. The van der Waals surface area contributed by atoms with E-state index < -0.39 is 12.1 Å². The van der Waals surface area contributed by atoms with Crippen LogP contribution in [0.2, 0.25) is 0 Å². The van der Waals surface area contributed by atoms with Gasteiger partial charge in [-0.15, -0.1) is 0 Å². The number of nitrogens with zero attached hydrogens (tertiary/aromatic N) is 1. The number of carbonyl (C=O) groups is 1. The number of benzene rings is 2. The number of nitriles is 1. The number of aliphatic carboxylic acids is 1. The van der Waals surface area contributed by atoms with E-state index in [0.29, 0.717) is 43.1 Å². The molecule has 0 fully saturated rings. The first-order valence-corrected chi connectivity index (χ1v) is 8.23. The summed E-state index contributed by atoms with van der Waals surface area (Å²) in [6.45, 7) is 0.925. The molecule has 136 valence electrons. The van der Waals surface area contributed by atoms with Crippen LogP contribution < -0.4 is 9.47 Å². The van der Waals surface area contributed by atoms with Crippen molar-refractivity contribution in [3.63, 3.8) is 0 Å². The lowest BCUT2D eigenvalue weighted by Gasteiger charge is -2.11. The molecule has 2 aromatic rings. The molecule has 1 atom stereocenters. The summed E-state index contributed by atoms with van der Waals surface area (Å²) < 4.78 is 16.2. The first-order valence-electron chi connectivity index (χ1n) is 8.23. The number of carboxylic acid groups (broad SMARTS) is 1. The van der Waals surface area contributed by atoms with E-state index in [-0.39, 0.29) is 0 Å². The van der Waals surface area contributed by atoms with E-state index in [1.54, 1.807) is 30.3 Å². The number of methoxy groups -OCH3 is 1. The van der Waals surface area contributed by atoms with Crippen LogP contribution in [0, 0.1) is 11.3 Å². The van der Waals surface area contributed by atoms with Gasteiger partial charge in [0.1, 0.15) is 17.6 Å². The molecular weight excluding hydrogens is 334 g/mol. The second kappa shape index (κ2) is 10.1. The number of ether oxygens (including phenoxy) is 3. The number of hydrogen-bond donors (Lipinski definition) is 1. The Morgan fingerprint density at radius 3 is 2.46 bits per heavy atom. The molecule has 0 saturated heterocycles. The summed E-state index contributed by atoms with van der Waals surface area (Å²) in [5.41, 5.74) is 1.38. The molecule has 1 N–H and O–H groups in total. The molecule has 0 aliphatic carbocycles. The summed E-state index contributed by atoms with van der Waals surface area (Å²) in [6.07, 6.45) is 0.125. The third-order valence-electron chi connectivity index (χ3n) is 3.73. The fraction of sp³-hybridized carbons (Fsp3) is 0.300. The Kier molecular flexibility index (Phi) is 7.47. The Labute approximate surface area is 152 Å². The zero-order chi connectivity index (χ0) is 18.8. The molecular formula is C20H21NO5. The van der Waals surface area contributed by atoms with E-state index in [9.17, 15) is 4.79 Å². The molecule has 0 heterocycles. The summed E-state index contributed by atoms with van der Waals surface area (Å²) in [5.74, 6) is 0.298. The molecule has 0 aliphatic heterocycles. The summed E-state index contributed by atoms with van der Waals surface area (Å²) >= 11 is 0. The maximum atomic E-state index is 11.0. The minimum Gasteiger partial charge on any atom is -0.493 e. The van der Waals surface area contributed by atoms with Gasteiger partial charge >= 0.3 is 5.97 Å². The van der Waals surface area contributed by atoms with Gasteiger partial charge in [0.15, 0.2) is 6.10 Å². The Balaban J connectivity index is 1.73. The fourth-order valence-corrected chi connectivity index (χ4v) is 2.32. The second-order valence-corrected chi connectivity index (χ2v) is 5.57. The third kappa shape index (κ3) is 5.80. The lowest BCUT2D eigenvalue weighted by atomic mass is 10.1. The molecule has 0 amide bonds. The van der Waals surface area contributed by atoms with Gasteiger partial charge in [0, 0.05) is 20.0 Å². The van der Waals surface area contributed by atoms with Crippen LogP contribution in [0.1, 0.15) is 17.5 Å². The van der Waals surface area contributed by atoms with Crippen LogP contribution in [-0.4, -0.2) is 37.5 Å². The molecule has 0 aromatic heterocycles. The van der Waals surface area contributed by atoms with Crippen molar-refractivity contribution < 1.29 is 24.1 Å². The van der Waals surface area contributed by atoms with Crippen molar-refractivity contribution in [2.75, 3.05) is 20.3 Å². The SMILES string of the molecule is CO[C@@H](Cc1ccc(OCCCOc2ccccc2C#N)cc1)C(=O)O. The Hall–Kier alpha value is -3.04. The lowest BCUT2D eigenvalue weighted by molar-refractivity contribution is -0.148. The van der Waals surface area contributed by atoms with Crippen molar-refractivity contribution in [3.05, 3.63) is 59.7 Å². The maximum absolute atomic E-state index is 11.0. The van der Waals surface area contributed by atoms with Gasteiger partial charge in [0.05, 0.1) is 18.8 Å². The highest BCUT2D eigenvalue weighted by atomic mass is 16.5. The highest BCUT2D eigenvalue weighted by Gasteiger charge is 2.16. The molecule has 2 aromatic carbocycles. The highest BCUT2D eigenvalue weighted by molar-refractivity contribution is 5.72. The van der Waals surface area contributed by atoms with Crippen molar-refractivity contribution in [2.45, 2.75) is 18.9 Å². The Morgan fingerprint density at radius 2 is 1.81 bits per heavy atom. The molecule has 0 aliphatic rings. The van der Waals surface area contributed by atoms with Gasteiger partial charge < -0.3 is 19.3 Å². The molecule has 0 unspecified atom stereocenters. The zero-order valence-electron chi connectivity index (χ0n) is 14.6. The van der Waals surface area contributed by atoms with Crippen molar-refractivity contribution in [1.29, 1.82) is 5.26 Å². The monoisotopic (exact) mass is 355 g/mol. The summed E-state index contributed by atoms with van der Waals surface area (Å²) in [6, 6.07) is 16.4. The van der Waals surface area contributed by atoms with Crippen LogP contribution in [0.25, 0.3) is 0 Å². The standard InChI is InChI=1S/C20H21NO5/c1-24-19(20(22)23)13-15-7-9-17(10-8-15)25-11-4-12-26-18-6-3-2-5-16(18)14-21/h2-3,5-10,19H,4,11-13H2,1H3,(H,22,23)/t19-/m0/s1. The van der Waals surface area contributed by atoms with Crippen molar-refractivity contribution in [1.82, 2.24) is 0 Å². The van der Waals surface area contributed by atoms with Crippen LogP contribution in [0.4, 0.5) is 0 Å². The van der Waals surface area contributed by atoms with Crippen molar-refractivity contribution in [3.8, 4) is 17.6 Å². The molecule has 0 saturated carbocycles. The zero-order valence-corrected chi connectivity index (χ0v) is 14.6. The van der Waals surface area contributed by atoms with Gasteiger partial charge in [-0.25, -0.2) is 4.79 Å². The Morgan fingerprint density at radius 1 is 1.12 bits per heavy atom. The second-order valence-electron chi connectivity index (χ2n) is 5.57. The average Bonchev–Trinajstić information content (AvgIpc) is 2.67. The molecule has 0 radical (unpaired) electrons. The van der Waals surface area contributed by atoms with E-state index in [1.165, 1.54) is 7.11 Å². The third-order valence-corrected chi connectivity index (χ3v) is 3.73. The quantitative estimate of drug-likeness (QED) is 0.659. The minimum absolute atomic E-state index is 0.304. The first-order chi connectivity index (χ1) is 12.6. The number of para-hydroxylation sites is 1. The van der Waals surface area contributed by atoms with Crippen molar-refractivity contribution in [2.24, 2.45) is 0 Å². The smallest absolute Gasteiger partial charge is 0.333 e. The van der Waals surface area contributed by atoms with Gasteiger partial charge in [-0.1, -0.05) is 24.3 Å². The normalized spacial score (nSPS) is 11.4. The number of carboxylic acids is 1. The summed E-state index contributed by atoms with van der Waals surface area (Å²) in [7, 11) is 1.38. The maximum Gasteiger partial charge on any atom is 0.333 e. The topological polar surface area (TPSA) is 88.8 Å². The van der Waals surface area contributed by atoms with E-state index in [4.69, 9.17) is 24.6 Å². The van der Waals surface area contributed by atoms with E-state index >= 15 is 0 Å². The van der Waals surface area contributed by atoms with Crippen LogP contribution in [-0.2, 0) is 16.0 Å². The highest BCUT2D eigenvalue weighted by Crippen LogP contribution is 2.17. The molecule has 0 bridgehead atoms.